The average molecular weight is 469 g/mol. The molecule has 1 aliphatic heterocycles. The van der Waals surface area contributed by atoms with Crippen molar-refractivity contribution < 1.29 is 9.59 Å². The molecule has 1 saturated carbocycles. The van der Waals surface area contributed by atoms with Crippen molar-refractivity contribution in [1.29, 1.82) is 0 Å². The van der Waals surface area contributed by atoms with E-state index < -0.39 is 0 Å². The first-order chi connectivity index (χ1) is 11.1. The standard InChI is InChI=1S/C15H27N5O2S.HI/c1-3-16-14(19-11-5-4-6-12(9-11)23-2)17-7-8-20-13(21)10-18-15(20)22;/h11-12H,3-10H2,1-2H3,(H,18,22)(H2,16,17,19);1H. The van der Waals surface area contributed by atoms with Crippen molar-refractivity contribution in [2.24, 2.45) is 4.99 Å². The summed E-state index contributed by atoms with van der Waals surface area (Å²) >= 11 is 1.94. The minimum absolute atomic E-state index is 0. The molecule has 1 saturated heterocycles. The molecule has 1 heterocycles. The number of guanidine groups is 1. The maximum Gasteiger partial charge on any atom is 0.324 e. The molecule has 2 atom stereocenters. The zero-order valence-corrected chi connectivity index (χ0v) is 17.5. The van der Waals surface area contributed by atoms with Crippen LogP contribution in [0, 0.1) is 0 Å². The number of aliphatic imine (C=N–C) groups is 1. The van der Waals surface area contributed by atoms with Gasteiger partial charge in [-0.05, 0) is 32.4 Å². The summed E-state index contributed by atoms with van der Waals surface area (Å²) in [7, 11) is 0. The van der Waals surface area contributed by atoms with Gasteiger partial charge in [0.1, 0.15) is 0 Å². The van der Waals surface area contributed by atoms with Crippen LogP contribution >= 0.6 is 35.7 Å². The molecule has 2 unspecified atom stereocenters. The number of nitrogens with one attached hydrogen (secondary N) is 3. The average Bonchev–Trinajstić information content (AvgIpc) is 2.87. The number of nitrogens with zero attached hydrogens (tertiary/aromatic N) is 2. The Morgan fingerprint density at radius 3 is 2.83 bits per heavy atom. The highest BCUT2D eigenvalue weighted by molar-refractivity contribution is 14.0. The third kappa shape index (κ3) is 6.30. The maximum atomic E-state index is 11.5. The van der Waals surface area contributed by atoms with Gasteiger partial charge in [0.15, 0.2) is 5.96 Å². The topological polar surface area (TPSA) is 85.8 Å². The second-order valence-electron chi connectivity index (χ2n) is 5.83. The summed E-state index contributed by atoms with van der Waals surface area (Å²) in [5.41, 5.74) is 0. The Hall–Kier alpha value is -0.710. The Bertz CT molecular complexity index is 447. The summed E-state index contributed by atoms with van der Waals surface area (Å²) in [6, 6.07) is 0.119. The minimum atomic E-state index is -0.321. The highest BCUT2D eigenvalue weighted by Gasteiger charge is 2.27. The fourth-order valence-electron chi connectivity index (χ4n) is 2.95. The zero-order valence-electron chi connectivity index (χ0n) is 14.3. The van der Waals surface area contributed by atoms with Crippen molar-refractivity contribution in [3.8, 4) is 0 Å². The largest absolute Gasteiger partial charge is 0.357 e. The van der Waals surface area contributed by atoms with Crippen LogP contribution in [0.4, 0.5) is 4.79 Å². The molecule has 7 nitrogen and oxygen atoms in total. The number of hydrogen-bond donors (Lipinski definition) is 3. The summed E-state index contributed by atoms with van der Waals surface area (Å²) in [5, 5.41) is 9.96. The van der Waals surface area contributed by atoms with Crippen LogP contribution in [0.2, 0.25) is 0 Å². The molecule has 24 heavy (non-hydrogen) atoms. The van der Waals surface area contributed by atoms with E-state index in [4.69, 9.17) is 0 Å². The van der Waals surface area contributed by atoms with E-state index in [1.54, 1.807) is 0 Å². The second-order valence-corrected chi connectivity index (χ2v) is 6.97. The monoisotopic (exact) mass is 469 g/mol. The lowest BCUT2D eigenvalue weighted by atomic mass is 9.95. The molecule has 2 rings (SSSR count). The van der Waals surface area contributed by atoms with Crippen molar-refractivity contribution in [2.45, 2.75) is 43.9 Å². The lowest BCUT2D eigenvalue weighted by Crippen LogP contribution is -2.46. The summed E-state index contributed by atoms with van der Waals surface area (Å²) in [6.07, 6.45) is 7.02. The first-order valence-electron chi connectivity index (χ1n) is 8.29. The van der Waals surface area contributed by atoms with Gasteiger partial charge in [0.25, 0.3) is 0 Å². The van der Waals surface area contributed by atoms with Crippen LogP contribution in [0.1, 0.15) is 32.6 Å². The third-order valence-corrected chi connectivity index (χ3v) is 5.27. The summed E-state index contributed by atoms with van der Waals surface area (Å²) < 4.78 is 0. The Labute approximate surface area is 165 Å². The molecule has 0 radical (unpaired) electrons. The number of hydrogen-bond acceptors (Lipinski definition) is 4. The number of carbonyl (C=O) groups is 2. The van der Waals surface area contributed by atoms with Gasteiger partial charge in [-0.2, -0.15) is 11.8 Å². The first kappa shape index (κ1) is 21.3. The predicted molar refractivity (Wildman–Crippen MR) is 109 cm³/mol. The lowest BCUT2D eigenvalue weighted by molar-refractivity contribution is -0.124. The van der Waals surface area contributed by atoms with Crippen molar-refractivity contribution >= 4 is 53.6 Å². The fraction of sp³-hybridized carbons (Fsp3) is 0.800. The normalized spacial score (nSPS) is 24.4. The number of halogens is 1. The van der Waals surface area contributed by atoms with Gasteiger partial charge < -0.3 is 16.0 Å². The van der Waals surface area contributed by atoms with Crippen LogP contribution in [-0.2, 0) is 4.79 Å². The smallest absolute Gasteiger partial charge is 0.324 e. The van der Waals surface area contributed by atoms with Gasteiger partial charge in [-0.1, -0.05) is 6.42 Å². The number of rotatable bonds is 6. The molecular weight excluding hydrogens is 441 g/mol. The van der Waals surface area contributed by atoms with Gasteiger partial charge in [0, 0.05) is 17.8 Å². The van der Waals surface area contributed by atoms with Crippen molar-refractivity contribution in [2.75, 3.05) is 32.4 Å². The molecule has 2 fully saturated rings. The predicted octanol–water partition coefficient (Wildman–Crippen LogP) is 1.39. The molecule has 138 valence electrons. The molecule has 0 aromatic heterocycles. The molecular formula is C15H28IN5O2S. The van der Waals surface area contributed by atoms with Crippen molar-refractivity contribution in [3.63, 3.8) is 0 Å². The van der Waals surface area contributed by atoms with Gasteiger partial charge in [-0.25, -0.2) is 4.79 Å². The molecule has 0 bridgehead atoms. The highest BCUT2D eigenvalue weighted by atomic mass is 127. The van der Waals surface area contributed by atoms with E-state index in [0.717, 1.165) is 30.6 Å². The zero-order chi connectivity index (χ0) is 16.7. The number of urea groups is 1. The Morgan fingerprint density at radius 2 is 2.21 bits per heavy atom. The van der Waals surface area contributed by atoms with Gasteiger partial charge in [0.2, 0.25) is 5.91 Å². The van der Waals surface area contributed by atoms with E-state index in [9.17, 15) is 9.59 Å². The SMILES string of the molecule is CCNC(=NCCN1C(=O)CNC1=O)NC1CCCC(SC)C1.I. The Morgan fingerprint density at radius 1 is 1.42 bits per heavy atom. The summed E-state index contributed by atoms with van der Waals surface area (Å²) in [4.78, 5) is 28.7. The Kier molecular flexibility index (Phi) is 9.79. The van der Waals surface area contributed by atoms with Crippen LogP contribution < -0.4 is 16.0 Å². The van der Waals surface area contributed by atoms with Crippen LogP contribution in [0.3, 0.4) is 0 Å². The molecule has 0 aromatic carbocycles. The first-order valence-corrected chi connectivity index (χ1v) is 9.58. The van der Waals surface area contributed by atoms with E-state index >= 15 is 0 Å². The van der Waals surface area contributed by atoms with Crippen LogP contribution in [0.5, 0.6) is 0 Å². The summed E-state index contributed by atoms with van der Waals surface area (Å²) in [6.45, 7) is 3.64. The quantitative estimate of drug-likeness (QED) is 0.237. The van der Waals surface area contributed by atoms with E-state index in [2.05, 4.69) is 27.2 Å². The number of carbonyl (C=O) groups excluding carboxylic acids is 2. The summed E-state index contributed by atoms with van der Waals surface area (Å²) in [5.74, 6) is 0.588. The van der Waals surface area contributed by atoms with Gasteiger partial charge in [-0.3, -0.25) is 14.7 Å². The van der Waals surface area contributed by atoms with E-state index in [0.29, 0.717) is 19.1 Å². The molecule has 3 N–H and O–H groups in total. The number of amides is 3. The molecule has 0 aromatic rings. The minimum Gasteiger partial charge on any atom is -0.357 e. The molecule has 1 aliphatic carbocycles. The van der Waals surface area contributed by atoms with Gasteiger partial charge in [-0.15, -0.1) is 24.0 Å². The van der Waals surface area contributed by atoms with Gasteiger partial charge in [0.05, 0.1) is 19.6 Å². The third-order valence-electron chi connectivity index (χ3n) is 4.18. The van der Waals surface area contributed by atoms with Crippen molar-refractivity contribution in [1.82, 2.24) is 20.9 Å². The molecule has 2 aliphatic rings. The fourth-order valence-corrected chi connectivity index (χ4v) is 3.77. The molecule has 9 heteroatoms. The van der Waals surface area contributed by atoms with E-state index in [1.807, 2.05) is 18.7 Å². The van der Waals surface area contributed by atoms with E-state index in [1.165, 1.54) is 17.7 Å². The Balaban J connectivity index is 0.00000288. The van der Waals surface area contributed by atoms with Crippen molar-refractivity contribution in [3.05, 3.63) is 0 Å². The van der Waals surface area contributed by atoms with Crippen LogP contribution in [0.25, 0.3) is 0 Å². The molecule has 3 amide bonds. The molecule has 0 spiro atoms. The second kappa shape index (κ2) is 11.0. The highest BCUT2D eigenvalue weighted by Crippen LogP contribution is 2.26. The van der Waals surface area contributed by atoms with Crippen LogP contribution in [0.15, 0.2) is 4.99 Å². The number of thioether (sulfide) groups is 1. The van der Waals surface area contributed by atoms with Gasteiger partial charge >= 0.3 is 6.03 Å². The number of imide groups is 1. The van der Waals surface area contributed by atoms with Crippen LogP contribution in [-0.4, -0.2) is 66.5 Å². The maximum absolute atomic E-state index is 11.5. The lowest BCUT2D eigenvalue weighted by Gasteiger charge is -2.30. The van der Waals surface area contributed by atoms with E-state index in [-0.39, 0.29) is 42.5 Å².